The Kier molecular flexibility index (Phi) is 2.51. The van der Waals surface area contributed by atoms with Crippen molar-refractivity contribution in [2.24, 2.45) is 0 Å². The molecule has 3 aromatic rings. The van der Waals surface area contributed by atoms with Crippen LogP contribution in [-0.4, -0.2) is 20.0 Å². The topological polar surface area (TPSA) is 43.6 Å². The quantitative estimate of drug-likeness (QED) is 0.692. The van der Waals surface area contributed by atoms with Gasteiger partial charge in [-0.25, -0.2) is 9.07 Å². The molecule has 0 spiro atoms. The third-order valence-electron chi connectivity index (χ3n) is 2.88. The Morgan fingerprint density at radius 2 is 2.06 bits per heavy atom. The van der Waals surface area contributed by atoms with E-state index < -0.39 is 0 Å². The Morgan fingerprint density at radius 3 is 2.89 bits per heavy atom. The molecule has 3 rings (SSSR count). The van der Waals surface area contributed by atoms with Gasteiger partial charge < -0.3 is 0 Å². The number of rotatable bonds is 2. The lowest BCUT2D eigenvalue weighted by Gasteiger charge is -2.03. The predicted molar refractivity (Wildman–Crippen MR) is 65.6 cm³/mol. The molecule has 0 saturated carbocycles. The molecule has 2 aromatic heterocycles. The van der Waals surface area contributed by atoms with Gasteiger partial charge in [-0.1, -0.05) is 18.2 Å². The number of hydrogen-bond donors (Lipinski definition) is 0. The first kappa shape index (κ1) is 10.8. The fourth-order valence-electron chi connectivity index (χ4n) is 1.98. The van der Waals surface area contributed by atoms with E-state index in [0.29, 0.717) is 17.8 Å². The summed E-state index contributed by atoms with van der Waals surface area (Å²) in [5.41, 5.74) is 2.14. The van der Waals surface area contributed by atoms with E-state index in [9.17, 15) is 4.39 Å². The standard InChI is InChI=1S/C13H11FN4/c1-9-11-6-7-15-16-13(11)18(17-9)8-10-4-2-3-5-12(10)14/h2-7H,8H2,1H3. The molecular weight excluding hydrogens is 231 g/mol. The zero-order valence-corrected chi connectivity index (χ0v) is 9.84. The van der Waals surface area contributed by atoms with Gasteiger partial charge in [-0.2, -0.15) is 10.2 Å². The van der Waals surface area contributed by atoms with Crippen LogP contribution in [0.25, 0.3) is 11.0 Å². The second-order valence-corrected chi connectivity index (χ2v) is 4.10. The van der Waals surface area contributed by atoms with E-state index >= 15 is 0 Å². The van der Waals surface area contributed by atoms with Crippen LogP contribution in [0.1, 0.15) is 11.3 Å². The summed E-state index contributed by atoms with van der Waals surface area (Å²) in [6.07, 6.45) is 1.63. The van der Waals surface area contributed by atoms with Crippen LogP contribution in [0.2, 0.25) is 0 Å². The Labute approximate surface area is 103 Å². The molecule has 4 nitrogen and oxygen atoms in total. The average molecular weight is 242 g/mol. The molecule has 5 heteroatoms. The van der Waals surface area contributed by atoms with Crippen LogP contribution >= 0.6 is 0 Å². The van der Waals surface area contributed by atoms with Crippen molar-refractivity contribution < 1.29 is 4.39 Å². The Bertz CT molecular complexity index is 705. The summed E-state index contributed by atoms with van der Waals surface area (Å²) < 4.78 is 15.3. The Morgan fingerprint density at radius 1 is 1.22 bits per heavy atom. The maximum Gasteiger partial charge on any atom is 0.180 e. The largest absolute Gasteiger partial charge is 0.241 e. The van der Waals surface area contributed by atoms with Gasteiger partial charge in [0.15, 0.2) is 5.65 Å². The van der Waals surface area contributed by atoms with E-state index in [2.05, 4.69) is 15.3 Å². The first-order chi connectivity index (χ1) is 8.75. The highest BCUT2D eigenvalue weighted by Crippen LogP contribution is 2.16. The van der Waals surface area contributed by atoms with Crippen LogP contribution in [0.4, 0.5) is 4.39 Å². The zero-order valence-electron chi connectivity index (χ0n) is 9.84. The van der Waals surface area contributed by atoms with E-state index in [-0.39, 0.29) is 5.82 Å². The van der Waals surface area contributed by atoms with Gasteiger partial charge in [0.1, 0.15) is 5.82 Å². The van der Waals surface area contributed by atoms with Crippen LogP contribution < -0.4 is 0 Å². The third-order valence-corrected chi connectivity index (χ3v) is 2.88. The fraction of sp³-hybridized carbons (Fsp3) is 0.154. The van der Waals surface area contributed by atoms with E-state index in [1.807, 2.05) is 19.1 Å². The molecule has 2 heterocycles. The van der Waals surface area contributed by atoms with Crippen LogP contribution in [0, 0.1) is 12.7 Å². The number of nitrogens with zero attached hydrogens (tertiary/aromatic N) is 4. The second kappa shape index (κ2) is 4.18. The molecule has 0 unspecified atom stereocenters. The molecule has 0 amide bonds. The summed E-state index contributed by atoms with van der Waals surface area (Å²) in [6.45, 7) is 2.26. The minimum atomic E-state index is -0.234. The van der Waals surface area contributed by atoms with Gasteiger partial charge in [0.05, 0.1) is 18.4 Å². The van der Waals surface area contributed by atoms with E-state index in [0.717, 1.165) is 11.1 Å². The van der Waals surface area contributed by atoms with Crippen LogP contribution in [0.5, 0.6) is 0 Å². The Hall–Kier alpha value is -2.30. The zero-order chi connectivity index (χ0) is 12.5. The van der Waals surface area contributed by atoms with E-state index in [4.69, 9.17) is 0 Å². The molecule has 0 aliphatic carbocycles. The van der Waals surface area contributed by atoms with Crippen molar-refractivity contribution in [2.75, 3.05) is 0 Å². The third kappa shape index (κ3) is 1.73. The normalized spacial score (nSPS) is 11.0. The SMILES string of the molecule is Cc1nn(Cc2ccccc2F)c2nnccc12. The number of aromatic nitrogens is 4. The summed E-state index contributed by atoms with van der Waals surface area (Å²) in [5, 5.41) is 13.2. The molecular formula is C13H11FN4. The Balaban J connectivity index is 2.08. The van der Waals surface area contributed by atoms with Gasteiger partial charge in [0.25, 0.3) is 0 Å². The molecule has 1 aromatic carbocycles. The van der Waals surface area contributed by atoms with E-state index in [1.54, 1.807) is 23.0 Å². The lowest BCUT2D eigenvalue weighted by molar-refractivity contribution is 0.587. The first-order valence-electron chi connectivity index (χ1n) is 5.64. The number of hydrogen-bond acceptors (Lipinski definition) is 3. The van der Waals surface area contributed by atoms with Gasteiger partial charge in [0.2, 0.25) is 0 Å². The molecule has 0 N–H and O–H groups in total. The summed E-state index contributed by atoms with van der Waals surface area (Å²) in [7, 11) is 0. The predicted octanol–water partition coefficient (Wildman–Crippen LogP) is 2.32. The summed E-state index contributed by atoms with van der Waals surface area (Å²) in [6, 6.07) is 8.53. The van der Waals surface area contributed by atoms with Gasteiger partial charge in [-0.05, 0) is 19.1 Å². The van der Waals surface area contributed by atoms with Gasteiger partial charge >= 0.3 is 0 Å². The minimum Gasteiger partial charge on any atom is -0.241 e. The average Bonchev–Trinajstić information content (AvgIpc) is 2.70. The number of halogens is 1. The number of aryl methyl sites for hydroxylation is 1. The molecule has 18 heavy (non-hydrogen) atoms. The van der Waals surface area contributed by atoms with Crippen LogP contribution in [0.3, 0.4) is 0 Å². The molecule has 0 radical (unpaired) electrons. The molecule has 0 bridgehead atoms. The lowest BCUT2D eigenvalue weighted by atomic mass is 10.2. The summed E-state index contributed by atoms with van der Waals surface area (Å²) in [5.74, 6) is -0.234. The minimum absolute atomic E-state index is 0.234. The van der Waals surface area contributed by atoms with Crippen molar-refractivity contribution in [2.45, 2.75) is 13.5 Å². The molecule has 0 fully saturated rings. The van der Waals surface area contributed by atoms with Crippen molar-refractivity contribution >= 4 is 11.0 Å². The van der Waals surface area contributed by atoms with Gasteiger partial charge in [-0.3, -0.25) is 0 Å². The maximum absolute atomic E-state index is 13.6. The van der Waals surface area contributed by atoms with Crippen molar-refractivity contribution in [3.05, 3.63) is 53.6 Å². The van der Waals surface area contributed by atoms with Crippen molar-refractivity contribution in [1.29, 1.82) is 0 Å². The smallest absolute Gasteiger partial charge is 0.180 e. The highest BCUT2D eigenvalue weighted by molar-refractivity contribution is 5.77. The first-order valence-corrected chi connectivity index (χ1v) is 5.64. The monoisotopic (exact) mass is 242 g/mol. The van der Waals surface area contributed by atoms with Gasteiger partial charge in [0, 0.05) is 10.9 Å². The maximum atomic E-state index is 13.6. The molecule has 0 atom stereocenters. The van der Waals surface area contributed by atoms with Crippen LogP contribution in [0.15, 0.2) is 36.5 Å². The molecule has 90 valence electrons. The fourth-order valence-corrected chi connectivity index (χ4v) is 1.98. The van der Waals surface area contributed by atoms with Gasteiger partial charge in [-0.15, -0.1) is 5.10 Å². The van der Waals surface area contributed by atoms with Crippen LogP contribution in [-0.2, 0) is 6.54 Å². The lowest BCUT2D eigenvalue weighted by Crippen LogP contribution is -2.05. The van der Waals surface area contributed by atoms with Crippen molar-refractivity contribution in [3.63, 3.8) is 0 Å². The number of benzene rings is 1. The molecule has 0 saturated heterocycles. The summed E-state index contributed by atoms with van der Waals surface area (Å²) >= 11 is 0. The van der Waals surface area contributed by atoms with Crippen molar-refractivity contribution in [3.8, 4) is 0 Å². The van der Waals surface area contributed by atoms with Crippen molar-refractivity contribution in [1.82, 2.24) is 20.0 Å². The molecule has 0 aliphatic rings. The highest BCUT2D eigenvalue weighted by atomic mass is 19.1. The second-order valence-electron chi connectivity index (χ2n) is 4.10. The summed E-state index contributed by atoms with van der Waals surface area (Å²) in [4.78, 5) is 0. The molecule has 0 aliphatic heterocycles. The van der Waals surface area contributed by atoms with E-state index in [1.165, 1.54) is 6.07 Å². The highest BCUT2D eigenvalue weighted by Gasteiger charge is 2.10. The number of fused-ring (bicyclic) bond motifs is 1.